The van der Waals surface area contributed by atoms with E-state index in [0.29, 0.717) is 24.2 Å². The van der Waals surface area contributed by atoms with Gasteiger partial charge in [-0.05, 0) is 49.1 Å². The fourth-order valence-electron chi connectivity index (χ4n) is 5.87. The van der Waals surface area contributed by atoms with Crippen LogP contribution in [-0.2, 0) is 11.8 Å². The average molecular weight is 483 g/mol. The molecule has 36 heavy (non-hydrogen) atoms. The predicted octanol–water partition coefficient (Wildman–Crippen LogP) is 4.19. The summed E-state index contributed by atoms with van der Waals surface area (Å²) in [7, 11) is 1.89. The van der Waals surface area contributed by atoms with E-state index in [1.807, 2.05) is 43.6 Å². The van der Waals surface area contributed by atoms with Gasteiger partial charge in [0.25, 0.3) is 0 Å². The summed E-state index contributed by atoms with van der Waals surface area (Å²) < 4.78 is 18.2. The molecule has 5 aromatic rings. The van der Waals surface area contributed by atoms with Crippen LogP contribution < -0.4 is 4.90 Å². The average Bonchev–Trinajstić information content (AvgIpc) is 3.20. The first kappa shape index (κ1) is 21.0. The number of halogens is 1. The molecule has 0 spiro atoms. The quantitative estimate of drug-likeness (QED) is 0.413. The zero-order valence-corrected chi connectivity index (χ0v) is 19.8. The summed E-state index contributed by atoms with van der Waals surface area (Å²) in [5.74, 6) is 0.0404. The molecule has 1 saturated heterocycles. The molecule has 8 nitrogen and oxygen atoms in total. The Morgan fingerprint density at radius 2 is 1.86 bits per heavy atom. The van der Waals surface area contributed by atoms with Gasteiger partial charge in [0.2, 0.25) is 0 Å². The molecule has 3 atom stereocenters. The van der Waals surface area contributed by atoms with Crippen LogP contribution in [0.2, 0.25) is 0 Å². The van der Waals surface area contributed by atoms with Crippen molar-refractivity contribution in [3.8, 4) is 16.9 Å². The lowest BCUT2D eigenvalue weighted by atomic mass is 10.0. The van der Waals surface area contributed by atoms with Crippen LogP contribution in [0.25, 0.3) is 38.8 Å². The van der Waals surface area contributed by atoms with Crippen molar-refractivity contribution in [2.45, 2.75) is 6.92 Å². The predicted molar refractivity (Wildman–Crippen MR) is 134 cm³/mol. The first-order chi connectivity index (χ1) is 17.4. The maximum atomic E-state index is 14.7. The molecule has 1 aliphatic heterocycles. The molecule has 180 valence electrons. The topological polar surface area (TPSA) is 89.1 Å². The third-order valence-corrected chi connectivity index (χ3v) is 7.73. The monoisotopic (exact) mass is 482 g/mol. The highest BCUT2D eigenvalue weighted by Gasteiger charge is 2.60. The van der Waals surface area contributed by atoms with E-state index >= 15 is 0 Å². The van der Waals surface area contributed by atoms with E-state index < -0.39 is 5.97 Å². The van der Waals surface area contributed by atoms with E-state index in [4.69, 9.17) is 5.10 Å². The third-order valence-electron chi connectivity index (χ3n) is 7.73. The highest BCUT2D eigenvalue weighted by atomic mass is 19.1. The molecule has 1 saturated carbocycles. The second-order valence-electron chi connectivity index (χ2n) is 9.84. The van der Waals surface area contributed by atoms with Crippen LogP contribution >= 0.6 is 0 Å². The SMILES string of the molecule is Cc1c(F)ccc2c(-c3cccc4nn(C)cc34)nn(-c3ccc(N4C[C@@H]5[C@H](C4)[C@@H]5C(=O)O)nc3)c12. The van der Waals surface area contributed by atoms with Crippen LogP contribution in [-0.4, -0.2) is 48.7 Å². The Morgan fingerprint density at radius 1 is 1.06 bits per heavy atom. The smallest absolute Gasteiger partial charge is 0.307 e. The fourth-order valence-corrected chi connectivity index (χ4v) is 5.87. The lowest BCUT2D eigenvalue weighted by Crippen LogP contribution is -2.26. The van der Waals surface area contributed by atoms with Crippen molar-refractivity contribution in [1.29, 1.82) is 0 Å². The van der Waals surface area contributed by atoms with E-state index in [-0.39, 0.29) is 23.6 Å². The standard InChI is InChI=1S/C27H23FN6O2/c1-14-21(28)8-7-17-25(16-4-3-5-22-18(16)11-32(2)30-22)31-34(26(14)17)15-6-9-23(29-10-15)33-12-19-20(13-33)24(19)27(35)36/h3-11,19-20,24H,12-13H2,1-2H3,(H,35,36)/t19-,20+,24-. The summed E-state index contributed by atoms with van der Waals surface area (Å²) >= 11 is 0. The first-order valence-corrected chi connectivity index (χ1v) is 12.0. The summed E-state index contributed by atoms with van der Waals surface area (Å²) in [5, 5.41) is 20.6. The Morgan fingerprint density at radius 3 is 2.58 bits per heavy atom. The molecule has 2 aliphatic rings. The minimum Gasteiger partial charge on any atom is -0.481 e. The van der Waals surface area contributed by atoms with Crippen molar-refractivity contribution in [3.63, 3.8) is 0 Å². The van der Waals surface area contributed by atoms with Gasteiger partial charge in [0.15, 0.2) is 0 Å². The van der Waals surface area contributed by atoms with E-state index in [0.717, 1.165) is 39.1 Å². The van der Waals surface area contributed by atoms with E-state index in [9.17, 15) is 14.3 Å². The van der Waals surface area contributed by atoms with Gasteiger partial charge in [0.1, 0.15) is 17.3 Å². The van der Waals surface area contributed by atoms with Crippen LogP contribution in [0.15, 0.2) is 54.9 Å². The van der Waals surface area contributed by atoms with Crippen LogP contribution in [0, 0.1) is 30.5 Å². The largest absolute Gasteiger partial charge is 0.481 e. The van der Waals surface area contributed by atoms with E-state index in [2.05, 4.69) is 15.0 Å². The number of hydrogen-bond donors (Lipinski definition) is 1. The van der Waals surface area contributed by atoms with Crippen molar-refractivity contribution < 1.29 is 14.3 Å². The van der Waals surface area contributed by atoms with Gasteiger partial charge in [-0.2, -0.15) is 10.2 Å². The van der Waals surface area contributed by atoms with Crippen LogP contribution in [0.5, 0.6) is 0 Å². The number of nitrogens with zero attached hydrogens (tertiary/aromatic N) is 6. The van der Waals surface area contributed by atoms with Gasteiger partial charge in [-0.15, -0.1) is 0 Å². The van der Waals surface area contributed by atoms with Crippen molar-refractivity contribution in [1.82, 2.24) is 24.5 Å². The second kappa shape index (κ2) is 7.36. The molecular weight excluding hydrogens is 459 g/mol. The summed E-state index contributed by atoms with van der Waals surface area (Å²) in [6.07, 6.45) is 3.72. The Kier molecular flexibility index (Phi) is 4.31. The Balaban J connectivity index is 1.31. The van der Waals surface area contributed by atoms with E-state index in [1.165, 1.54) is 6.07 Å². The molecule has 0 bridgehead atoms. The minimum absolute atomic E-state index is 0.211. The molecule has 2 fully saturated rings. The number of carbonyl (C=O) groups is 1. The molecule has 1 N–H and O–H groups in total. The van der Waals surface area contributed by atoms with Crippen molar-refractivity contribution in [2.24, 2.45) is 24.8 Å². The number of rotatable bonds is 4. The number of pyridine rings is 1. The van der Waals surface area contributed by atoms with Crippen LogP contribution in [0.4, 0.5) is 10.2 Å². The van der Waals surface area contributed by atoms with Crippen LogP contribution in [0.3, 0.4) is 0 Å². The van der Waals surface area contributed by atoms with Crippen molar-refractivity contribution in [2.75, 3.05) is 18.0 Å². The molecule has 2 aromatic carbocycles. The van der Waals surface area contributed by atoms with Gasteiger partial charge in [0.05, 0.1) is 28.8 Å². The van der Waals surface area contributed by atoms with Gasteiger partial charge < -0.3 is 10.0 Å². The number of anilines is 1. The zero-order chi connectivity index (χ0) is 24.7. The van der Waals surface area contributed by atoms with Crippen molar-refractivity contribution >= 4 is 33.6 Å². The number of piperidine rings is 1. The normalized spacial score (nSPS) is 20.9. The van der Waals surface area contributed by atoms with Gasteiger partial charge >= 0.3 is 5.97 Å². The number of benzene rings is 2. The zero-order valence-electron chi connectivity index (χ0n) is 19.8. The highest BCUT2D eigenvalue weighted by molar-refractivity contribution is 6.03. The van der Waals surface area contributed by atoms with Gasteiger partial charge in [-0.25, -0.2) is 14.1 Å². The number of aryl methyl sites for hydroxylation is 2. The fraction of sp³-hybridized carbons (Fsp3) is 0.259. The lowest BCUT2D eigenvalue weighted by Gasteiger charge is -2.20. The Labute approximate surface area is 205 Å². The van der Waals surface area contributed by atoms with Gasteiger partial charge in [0, 0.05) is 48.2 Å². The maximum absolute atomic E-state index is 14.7. The minimum atomic E-state index is -0.695. The molecule has 9 heteroatoms. The second-order valence-corrected chi connectivity index (χ2v) is 9.84. The molecular formula is C27H23FN6O2. The molecule has 4 heterocycles. The molecule has 7 rings (SSSR count). The molecule has 1 aliphatic carbocycles. The van der Waals surface area contributed by atoms with Crippen LogP contribution in [0.1, 0.15) is 5.56 Å². The molecule has 0 radical (unpaired) electrons. The first-order valence-electron chi connectivity index (χ1n) is 12.0. The summed E-state index contributed by atoms with van der Waals surface area (Å²) in [6.45, 7) is 3.19. The number of aliphatic carboxylic acids is 1. The van der Waals surface area contributed by atoms with Gasteiger partial charge in [-0.3, -0.25) is 9.48 Å². The third kappa shape index (κ3) is 2.98. The molecule has 0 unspecified atom stereocenters. The Hall–Kier alpha value is -4.27. The van der Waals surface area contributed by atoms with E-state index in [1.54, 1.807) is 28.6 Å². The Bertz CT molecular complexity index is 1680. The number of carboxylic acid groups (broad SMARTS) is 1. The van der Waals surface area contributed by atoms with Crippen molar-refractivity contribution in [3.05, 3.63) is 66.2 Å². The molecule has 3 aromatic heterocycles. The number of carboxylic acids is 1. The lowest BCUT2D eigenvalue weighted by molar-refractivity contribution is -0.139. The summed E-state index contributed by atoms with van der Waals surface area (Å²) in [5.41, 5.74) is 4.52. The number of fused-ring (bicyclic) bond motifs is 3. The highest BCUT2D eigenvalue weighted by Crippen LogP contribution is 2.52. The molecule has 0 amide bonds. The number of aromatic nitrogens is 5. The maximum Gasteiger partial charge on any atom is 0.307 e. The summed E-state index contributed by atoms with van der Waals surface area (Å²) in [4.78, 5) is 18.1. The number of hydrogen-bond acceptors (Lipinski definition) is 5. The summed E-state index contributed by atoms with van der Waals surface area (Å²) in [6, 6.07) is 13.1. The van der Waals surface area contributed by atoms with Gasteiger partial charge in [-0.1, -0.05) is 12.1 Å².